The van der Waals surface area contributed by atoms with Crippen LogP contribution in [0.25, 0.3) is 0 Å². The van der Waals surface area contributed by atoms with E-state index in [2.05, 4.69) is 10.6 Å². The predicted octanol–water partition coefficient (Wildman–Crippen LogP) is 4.50. The van der Waals surface area contributed by atoms with Crippen LogP contribution in [-0.4, -0.2) is 30.1 Å². The SMILES string of the molecule is CNCc1ccc(N(C(C)=O)[C@@H]2C[C@@H](C(=O)O)Nc3cc(Cl)cc(Cl)c32)cc1.Cl. The molecule has 1 aliphatic heterocycles. The first-order chi connectivity index (χ1) is 13.3. The Morgan fingerprint density at radius 3 is 2.45 bits per heavy atom. The Kier molecular flexibility index (Phi) is 7.77. The molecule has 0 saturated heterocycles. The average Bonchev–Trinajstić information content (AvgIpc) is 2.62. The molecule has 1 heterocycles. The van der Waals surface area contributed by atoms with Crippen LogP contribution in [-0.2, 0) is 16.1 Å². The number of nitrogens with one attached hydrogen (secondary N) is 2. The van der Waals surface area contributed by atoms with Gasteiger partial charge in [0.05, 0.1) is 6.04 Å². The van der Waals surface area contributed by atoms with E-state index in [4.69, 9.17) is 23.2 Å². The third-order valence-corrected chi connectivity index (χ3v) is 5.29. The van der Waals surface area contributed by atoms with Crippen LogP contribution in [0.15, 0.2) is 36.4 Å². The van der Waals surface area contributed by atoms with Crippen LogP contribution < -0.4 is 15.5 Å². The number of carboxylic acid groups (broad SMARTS) is 1. The van der Waals surface area contributed by atoms with Gasteiger partial charge in [0.2, 0.25) is 5.91 Å². The normalized spacial score (nSPS) is 17.5. The third kappa shape index (κ3) is 4.95. The summed E-state index contributed by atoms with van der Waals surface area (Å²) in [6.07, 6.45) is 0.182. The van der Waals surface area contributed by atoms with Crippen molar-refractivity contribution in [1.82, 2.24) is 5.32 Å². The van der Waals surface area contributed by atoms with Crippen LogP contribution in [0.4, 0.5) is 11.4 Å². The number of fused-ring (bicyclic) bond motifs is 1. The molecule has 1 aliphatic rings. The van der Waals surface area contributed by atoms with Gasteiger partial charge in [0, 0.05) is 46.9 Å². The number of halogens is 3. The van der Waals surface area contributed by atoms with Crippen LogP contribution in [0.5, 0.6) is 0 Å². The van der Waals surface area contributed by atoms with E-state index in [0.717, 1.165) is 5.56 Å². The Morgan fingerprint density at radius 2 is 1.90 bits per heavy atom. The number of carboxylic acids is 1. The minimum Gasteiger partial charge on any atom is -0.480 e. The zero-order valence-corrected chi connectivity index (χ0v) is 18.2. The molecule has 156 valence electrons. The van der Waals surface area contributed by atoms with Crippen molar-refractivity contribution in [2.75, 3.05) is 17.3 Å². The number of nitrogens with zero attached hydrogens (tertiary/aromatic N) is 1. The molecule has 2 aromatic rings. The smallest absolute Gasteiger partial charge is 0.326 e. The molecule has 1 amide bonds. The summed E-state index contributed by atoms with van der Waals surface area (Å²) >= 11 is 12.6. The van der Waals surface area contributed by atoms with Crippen molar-refractivity contribution in [2.45, 2.75) is 32.0 Å². The molecule has 3 N–H and O–H groups in total. The van der Waals surface area contributed by atoms with Crippen LogP contribution in [0.1, 0.15) is 30.5 Å². The third-order valence-electron chi connectivity index (χ3n) is 4.76. The quantitative estimate of drug-likeness (QED) is 0.615. The summed E-state index contributed by atoms with van der Waals surface area (Å²) in [6, 6.07) is 9.42. The van der Waals surface area contributed by atoms with Crippen molar-refractivity contribution >= 4 is 58.9 Å². The summed E-state index contributed by atoms with van der Waals surface area (Å²) < 4.78 is 0. The summed E-state index contributed by atoms with van der Waals surface area (Å²) in [7, 11) is 1.86. The Labute approximate surface area is 185 Å². The first-order valence-corrected chi connectivity index (χ1v) is 9.59. The molecule has 2 aromatic carbocycles. The number of carbonyl (C=O) groups is 2. The summed E-state index contributed by atoms with van der Waals surface area (Å²) in [5, 5.41) is 16.4. The van der Waals surface area contributed by atoms with Gasteiger partial charge in [0.15, 0.2) is 0 Å². The molecule has 0 radical (unpaired) electrons. The van der Waals surface area contributed by atoms with Gasteiger partial charge in [-0.3, -0.25) is 4.79 Å². The summed E-state index contributed by atoms with van der Waals surface area (Å²) in [5.74, 6) is -1.20. The lowest BCUT2D eigenvalue weighted by atomic mass is 9.91. The fourth-order valence-electron chi connectivity index (χ4n) is 3.59. The molecule has 2 atom stereocenters. The van der Waals surface area contributed by atoms with Crippen molar-refractivity contribution in [3.8, 4) is 0 Å². The van der Waals surface area contributed by atoms with Crippen LogP contribution in [0.3, 0.4) is 0 Å². The number of carbonyl (C=O) groups excluding carboxylic acids is 1. The minimum absolute atomic E-state index is 0. The molecule has 0 fully saturated rings. The molecule has 3 rings (SSSR count). The number of aliphatic carboxylic acids is 1. The Bertz CT molecular complexity index is 906. The molecule has 0 aromatic heterocycles. The molecular formula is C20H22Cl3N3O3. The van der Waals surface area contributed by atoms with E-state index in [1.54, 1.807) is 17.0 Å². The lowest BCUT2D eigenvalue weighted by molar-refractivity contribution is -0.138. The Morgan fingerprint density at radius 1 is 1.24 bits per heavy atom. The second-order valence-electron chi connectivity index (χ2n) is 6.72. The summed E-state index contributed by atoms with van der Waals surface area (Å²) in [6.45, 7) is 2.17. The Hall–Kier alpha value is -1.99. The second-order valence-corrected chi connectivity index (χ2v) is 7.56. The molecule has 0 bridgehead atoms. The lowest BCUT2D eigenvalue weighted by Crippen LogP contribution is -2.43. The van der Waals surface area contributed by atoms with E-state index in [1.807, 2.05) is 31.3 Å². The van der Waals surface area contributed by atoms with Gasteiger partial charge in [-0.2, -0.15) is 0 Å². The first-order valence-electron chi connectivity index (χ1n) is 8.83. The number of anilines is 2. The van der Waals surface area contributed by atoms with E-state index < -0.39 is 18.1 Å². The lowest BCUT2D eigenvalue weighted by Gasteiger charge is -2.38. The number of rotatable bonds is 5. The van der Waals surface area contributed by atoms with E-state index in [0.29, 0.717) is 33.5 Å². The van der Waals surface area contributed by atoms with Crippen LogP contribution >= 0.6 is 35.6 Å². The molecule has 6 nitrogen and oxygen atoms in total. The van der Waals surface area contributed by atoms with Gasteiger partial charge in [0.1, 0.15) is 6.04 Å². The summed E-state index contributed by atoms with van der Waals surface area (Å²) in [5.41, 5.74) is 2.95. The van der Waals surface area contributed by atoms with Crippen LogP contribution in [0.2, 0.25) is 10.0 Å². The van der Waals surface area contributed by atoms with Crippen LogP contribution in [0, 0.1) is 0 Å². The average molecular weight is 459 g/mol. The molecule has 0 saturated carbocycles. The van der Waals surface area contributed by atoms with Gasteiger partial charge in [-0.15, -0.1) is 12.4 Å². The monoisotopic (exact) mass is 457 g/mol. The first kappa shape index (κ1) is 23.3. The predicted molar refractivity (Wildman–Crippen MR) is 118 cm³/mol. The molecular weight excluding hydrogens is 437 g/mol. The van der Waals surface area contributed by atoms with Crippen molar-refractivity contribution in [2.24, 2.45) is 0 Å². The van der Waals surface area contributed by atoms with Gasteiger partial charge in [-0.05, 0) is 36.9 Å². The maximum Gasteiger partial charge on any atom is 0.326 e. The van der Waals surface area contributed by atoms with Crippen molar-refractivity contribution in [3.63, 3.8) is 0 Å². The molecule has 0 aliphatic carbocycles. The van der Waals surface area contributed by atoms with E-state index in [1.165, 1.54) is 6.92 Å². The minimum atomic E-state index is -1.00. The Balaban J connectivity index is 0.00000300. The standard InChI is InChI=1S/C20H21Cl2N3O3.ClH/c1-11(26)25(14-5-3-12(4-6-14)10-23-2)18-9-17(20(27)28)24-16-8-13(21)7-15(22)19(16)18;/h3-8,17-18,23-24H,9-10H2,1-2H3,(H,27,28);1H/t17-,18+;/m0./s1. The van der Waals surface area contributed by atoms with Gasteiger partial charge in [-0.1, -0.05) is 35.3 Å². The zero-order valence-electron chi connectivity index (χ0n) is 15.9. The fourth-order valence-corrected chi connectivity index (χ4v) is 4.21. The largest absolute Gasteiger partial charge is 0.480 e. The van der Waals surface area contributed by atoms with Crippen molar-refractivity contribution in [3.05, 3.63) is 57.6 Å². The topological polar surface area (TPSA) is 81.7 Å². The number of hydrogen-bond donors (Lipinski definition) is 3. The highest BCUT2D eigenvalue weighted by molar-refractivity contribution is 6.35. The van der Waals surface area contributed by atoms with Crippen molar-refractivity contribution < 1.29 is 14.7 Å². The number of hydrogen-bond acceptors (Lipinski definition) is 4. The van der Waals surface area contributed by atoms with Gasteiger partial charge in [0.25, 0.3) is 0 Å². The highest BCUT2D eigenvalue weighted by Crippen LogP contribution is 2.44. The van der Waals surface area contributed by atoms with E-state index in [9.17, 15) is 14.7 Å². The molecule has 9 heteroatoms. The summed E-state index contributed by atoms with van der Waals surface area (Å²) in [4.78, 5) is 25.9. The molecule has 29 heavy (non-hydrogen) atoms. The second kappa shape index (κ2) is 9.67. The highest BCUT2D eigenvalue weighted by Gasteiger charge is 2.37. The molecule has 0 spiro atoms. The van der Waals surface area contributed by atoms with E-state index >= 15 is 0 Å². The van der Waals surface area contributed by atoms with E-state index in [-0.39, 0.29) is 24.7 Å². The molecule has 0 unspecified atom stereocenters. The number of benzene rings is 2. The fraction of sp³-hybridized carbons (Fsp3) is 0.300. The number of amides is 1. The highest BCUT2D eigenvalue weighted by atomic mass is 35.5. The van der Waals surface area contributed by atoms with Gasteiger partial charge < -0.3 is 20.6 Å². The van der Waals surface area contributed by atoms with Gasteiger partial charge in [-0.25, -0.2) is 4.79 Å². The maximum atomic E-state index is 12.6. The zero-order chi connectivity index (χ0) is 20.4. The van der Waals surface area contributed by atoms with Gasteiger partial charge >= 0.3 is 5.97 Å². The maximum absolute atomic E-state index is 12.6. The van der Waals surface area contributed by atoms with Crippen molar-refractivity contribution in [1.29, 1.82) is 0 Å².